The van der Waals surface area contributed by atoms with Crippen LogP contribution in [-0.2, 0) is 23.2 Å². The summed E-state index contributed by atoms with van der Waals surface area (Å²) in [4.78, 5) is 16.8. The third kappa shape index (κ3) is 4.83. The average Bonchev–Trinajstić information content (AvgIpc) is 3.40. The molecular weight excluding hydrogens is 441 g/mol. The first-order chi connectivity index (χ1) is 15.3. The van der Waals surface area contributed by atoms with Gasteiger partial charge in [0.2, 0.25) is 0 Å². The predicted octanol–water partition coefficient (Wildman–Crippen LogP) is 6.17. The maximum Gasteiger partial charge on any atom is 0.416 e. The van der Waals surface area contributed by atoms with E-state index in [1.54, 1.807) is 37.5 Å². The number of rotatable bonds is 7. The molecule has 0 spiro atoms. The summed E-state index contributed by atoms with van der Waals surface area (Å²) in [6.45, 7) is 2.44. The first kappa shape index (κ1) is 22.0. The van der Waals surface area contributed by atoms with Crippen molar-refractivity contribution in [2.24, 2.45) is 0 Å². The number of thioether (sulfide) groups is 1. The molecule has 0 N–H and O–H groups in total. The Balaban J connectivity index is 1.63. The molecular formula is C23H19F3N2O3S. The number of hydrogen-bond acceptors (Lipinski definition) is 5. The molecule has 0 unspecified atom stereocenters. The molecule has 0 aliphatic rings. The number of fused-ring (bicyclic) bond motifs is 1. The number of aromatic nitrogens is 2. The van der Waals surface area contributed by atoms with Crippen molar-refractivity contribution < 1.29 is 27.1 Å². The smallest absolute Gasteiger partial charge is 0.416 e. The van der Waals surface area contributed by atoms with Crippen LogP contribution in [0.5, 0.6) is 0 Å². The summed E-state index contributed by atoms with van der Waals surface area (Å²) < 4.78 is 50.9. The molecule has 0 saturated heterocycles. The van der Waals surface area contributed by atoms with Crippen molar-refractivity contribution in [2.75, 3.05) is 6.61 Å². The van der Waals surface area contributed by atoms with Gasteiger partial charge < -0.3 is 13.7 Å². The minimum atomic E-state index is -4.36. The zero-order valence-electron chi connectivity index (χ0n) is 17.1. The van der Waals surface area contributed by atoms with Gasteiger partial charge in [0.05, 0.1) is 41.6 Å². The monoisotopic (exact) mass is 460 g/mol. The van der Waals surface area contributed by atoms with Crippen LogP contribution in [0.15, 0.2) is 70.4 Å². The van der Waals surface area contributed by atoms with Gasteiger partial charge in [0.25, 0.3) is 0 Å². The van der Waals surface area contributed by atoms with E-state index in [2.05, 4.69) is 4.98 Å². The van der Waals surface area contributed by atoms with Gasteiger partial charge in [0.15, 0.2) is 5.16 Å². The summed E-state index contributed by atoms with van der Waals surface area (Å²) in [5, 5.41) is 0.664. The van der Waals surface area contributed by atoms with Gasteiger partial charge in [-0.2, -0.15) is 13.2 Å². The van der Waals surface area contributed by atoms with Gasteiger partial charge in [-0.05, 0) is 55.0 Å². The largest absolute Gasteiger partial charge is 0.467 e. The van der Waals surface area contributed by atoms with E-state index >= 15 is 0 Å². The topological polar surface area (TPSA) is 57.3 Å². The number of furan rings is 1. The van der Waals surface area contributed by atoms with Crippen LogP contribution in [0.4, 0.5) is 13.2 Å². The first-order valence-electron chi connectivity index (χ1n) is 9.84. The van der Waals surface area contributed by atoms with E-state index in [1.807, 2.05) is 10.6 Å². The van der Waals surface area contributed by atoms with Gasteiger partial charge in [-0.1, -0.05) is 23.9 Å². The summed E-state index contributed by atoms with van der Waals surface area (Å²) >= 11 is 1.40. The zero-order chi connectivity index (χ0) is 22.7. The number of halogens is 3. The Morgan fingerprint density at radius 2 is 1.94 bits per heavy atom. The normalized spacial score (nSPS) is 11.8. The molecule has 0 atom stereocenters. The van der Waals surface area contributed by atoms with Crippen molar-refractivity contribution in [2.45, 2.75) is 30.6 Å². The van der Waals surface area contributed by atoms with E-state index in [0.717, 1.165) is 29.0 Å². The van der Waals surface area contributed by atoms with E-state index in [9.17, 15) is 18.0 Å². The molecule has 0 fully saturated rings. The first-order valence-corrected chi connectivity index (χ1v) is 10.8. The molecule has 4 rings (SSSR count). The molecule has 0 radical (unpaired) electrons. The third-order valence-corrected chi connectivity index (χ3v) is 5.82. The number of alkyl halides is 3. The maximum atomic E-state index is 12.8. The number of ether oxygens (including phenoxy) is 1. The molecule has 32 heavy (non-hydrogen) atoms. The molecule has 2 aromatic carbocycles. The summed E-state index contributed by atoms with van der Waals surface area (Å²) in [5.41, 5.74) is 1.90. The molecule has 0 amide bonds. The summed E-state index contributed by atoms with van der Waals surface area (Å²) in [6, 6.07) is 13.9. The highest BCUT2D eigenvalue weighted by atomic mass is 32.2. The van der Waals surface area contributed by atoms with Crippen LogP contribution in [-0.4, -0.2) is 22.1 Å². The molecule has 4 aromatic rings. The highest BCUT2D eigenvalue weighted by Crippen LogP contribution is 2.31. The molecule has 5 nitrogen and oxygen atoms in total. The van der Waals surface area contributed by atoms with Gasteiger partial charge >= 0.3 is 12.1 Å². The lowest BCUT2D eigenvalue weighted by molar-refractivity contribution is -0.137. The molecule has 166 valence electrons. The summed E-state index contributed by atoms with van der Waals surface area (Å²) in [6.07, 6.45) is -2.78. The Labute approximate surface area is 186 Å². The second kappa shape index (κ2) is 9.12. The van der Waals surface area contributed by atoms with Crippen LogP contribution in [0, 0.1) is 0 Å². The molecule has 9 heteroatoms. The van der Waals surface area contributed by atoms with Gasteiger partial charge in [0.1, 0.15) is 5.76 Å². The number of carbonyl (C=O) groups excluding carboxylic acids is 1. The van der Waals surface area contributed by atoms with Crippen molar-refractivity contribution >= 4 is 28.8 Å². The van der Waals surface area contributed by atoms with Crippen molar-refractivity contribution in [3.8, 4) is 0 Å². The number of carbonyl (C=O) groups is 1. The van der Waals surface area contributed by atoms with E-state index < -0.39 is 17.7 Å². The van der Waals surface area contributed by atoms with E-state index in [1.165, 1.54) is 23.9 Å². The molecule has 0 saturated carbocycles. The Hall–Kier alpha value is -3.20. The number of benzene rings is 2. The van der Waals surface area contributed by atoms with Gasteiger partial charge in [0, 0.05) is 5.75 Å². The molecule has 2 heterocycles. The zero-order valence-corrected chi connectivity index (χ0v) is 17.9. The lowest BCUT2D eigenvalue weighted by Crippen LogP contribution is -2.05. The quantitative estimate of drug-likeness (QED) is 0.244. The van der Waals surface area contributed by atoms with Crippen LogP contribution < -0.4 is 0 Å². The summed E-state index contributed by atoms with van der Waals surface area (Å²) in [5.74, 6) is 0.744. The second-order valence-electron chi connectivity index (χ2n) is 6.97. The van der Waals surface area contributed by atoms with Crippen LogP contribution in [0.25, 0.3) is 11.0 Å². The second-order valence-corrected chi connectivity index (χ2v) is 7.91. The van der Waals surface area contributed by atoms with Crippen molar-refractivity contribution in [1.29, 1.82) is 0 Å². The van der Waals surface area contributed by atoms with Gasteiger partial charge in [-0.15, -0.1) is 0 Å². The van der Waals surface area contributed by atoms with Crippen molar-refractivity contribution in [1.82, 2.24) is 9.55 Å². The SMILES string of the molecule is CCOC(=O)c1ccc2c(c1)nc(SCc1ccc(C(F)(F)F)cc1)n2Cc1ccco1. The fraction of sp³-hybridized carbons (Fsp3) is 0.217. The van der Waals surface area contributed by atoms with E-state index in [0.29, 0.717) is 28.5 Å². The highest BCUT2D eigenvalue weighted by molar-refractivity contribution is 7.98. The molecule has 2 aromatic heterocycles. The fourth-order valence-electron chi connectivity index (χ4n) is 3.21. The van der Waals surface area contributed by atoms with E-state index in [4.69, 9.17) is 9.15 Å². The Kier molecular flexibility index (Phi) is 6.27. The Morgan fingerprint density at radius 3 is 2.59 bits per heavy atom. The summed E-state index contributed by atoms with van der Waals surface area (Å²) in [7, 11) is 0. The van der Waals surface area contributed by atoms with Crippen LogP contribution in [0.2, 0.25) is 0 Å². The number of hydrogen-bond donors (Lipinski definition) is 0. The van der Waals surface area contributed by atoms with Gasteiger partial charge in [-0.25, -0.2) is 9.78 Å². The van der Waals surface area contributed by atoms with Crippen LogP contribution in [0.1, 0.15) is 34.2 Å². The number of nitrogens with zero attached hydrogens (tertiary/aromatic N) is 2. The Bertz CT molecular complexity index is 1220. The molecule has 0 aliphatic carbocycles. The minimum absolute atomic E-state index is 0.276. The lowest BCUT2D eigenvalue weighted by atomic mass is 10.1. The maximum absolute atomic E-state index is 12.8. The van der Waals surface area contributed by atoms with Crippen LogP contribution in [0.3, 0.4) is 0 Å². The molecule has 0 aliphatic heterocycles. The fourth-order valence-corrected chi connectivity index (χ4v) is 4.18. The van der Waals surface area contributed by atoms with Crippen molar-refractivity contribution in [3.63, 3.8) is 0 Å². The standard InChI is InChI=1S/C23H19F3N2O3S/c1-2-30-21(29)16-7-10-20-19(12-16)27-22(28(20)13-18-4-3-11-31-18)32-14-15-5-8-17(9-6-15)23(24,25)26/h3-12H,2,13-14H2,1H3. The molecule has 0 bridgehead atoms. The third-order valence-electron chi connectivity index (χ3n) is 4.77. The lowest BCUT2D eigenvalue weighted by Gasteiger charge is -2.09. The Morgan fingerprint density at radius 1 is 1.16 bits per heavy atom. The van der Waals surface area contributed by atoms with E-state index in [-0.39, 0.29) is 6.61 Å². The predicted molar refractivity (Wildman–Crippen MR) is 115 cm³/mol. The highest BCUT2D eigenvalue weighted by Gasteiger charge is 2.29. The number of esters is 1. The minimum Gasteiger partial charge on any atom is -0.467 e. The van der Waals surface area contributed by atoms with Crippen LogP contribution >= 0.6 is 11.8 Å². The number of imidazole rings is 1. The van der Waals surface area contributed by atoms with Crippen molar-refractivity contribution in [3.05, 3.63) is 83.3 Å². The average molecular weight is 460 g/mol. The van der Waals surface area contributed by atoms with Gasteiger partial charge in [-0.3, -0.25) is 0 Å².